The summed E-state index contributed by atoms with van der Waals surface area (Å²) in [5.74, 6) is 1.91. The van der Waals surface area contributed by atoms with Crippen LogP contribution in [0.4, 0.5) is 0 Å². The molecule has 2 aromatic rings. The topological polar surface area (TPSA) is 49.9 Å². The van der Waals surface area contributed by atoms with Gasteiger partial charge in [0.15, 0.2) is 0 Å². The number of imidazole rings is 1. The van der Waals surface area contributed by atoms with Gasteiger partial charge in [-0.3, -0.25) is 0 Å². The van der Waals surface area contributed by atoms with Crippen LogP contribution in [-0.4, -0.2) is 23.1 Å². The molecule has 2 N–H and O–H groups in total. The van der Waals surface area contributed by atoms with Crippen LogP contribution in [0.5, 0.6) is 5.75 Å². The van der Waals surface area contributed by atoms with Crippen LogP contribution >= 0.6 is 0 Å². The van der Waals surface area contributed by atoms with Gasteiger partial charge in [0.05, 0.1) is 7.11 Å². The smallest absolute Gasteiger partial charge is 0.122 e. The summed E-state index contributed by atoms with van der Waals surface area (Å²) in [6.07, 6.45) is 2.81. The molecule has 0 aliphatic carbocycles. The second-order valence-corrected chi connectivity index (χ2v) is 4.79. The fourth-order valence-corrected chi connectivity index (χ4v) is 2.12. The van der Waals surface area contributed by atoms with E-state index in [2.05, 4.69) is 28.3 Å². The lowest BCUT2D eigenvalue weighted by Gasteiger charge is -2.15. The molecule has 0 fully saturated rings. The Morgan fingerprint density at radius 2 is 2.16 bits per heavy atom. The first kappa shape index (κ1) is 13.6. The van der Waals surface area contributed by atoms with Crippen molar-refractivity contribution in [2.75, 3.05) is 7.11 Å². The first-order chi connectivity index (χ1) is 9.19. The van der Waals surface area contributed by atoms with Crippen LogP contribution in [0, 0.1) is 6.92 Å². The zero-order valence-electron chi connectivity index (χ0n) is 11.7. The highest BCUT2D eigenvalue weighted by atomic mass is 16.5. The number of H-pyrrole nitrogens is 1. The molecule has 1 atom stereocenters. The predicted octanol–water partition coefficient (Wildman–Crippen LogP) is 2.45. The Morgan fingerprint density at radius 1 is 1.37 bits per heavy atom. The van der Waals surface area contributed by atoms with E-state index in [0.29, 0.717) is 6.04 Å². The van der Waals surface area contributed by atoms with E-state index in [1.165, 1.54) is 5.56 Å². The zero-order chi connectivity index (χ0) is 13.7. The van der Waals surface area contributed by atoms with E-state index in [0.717, 1.165) is 30.2 Å². The third-order valence-electron chi connectivity index (χ3n) is 3.12. The minimum absolute atomic E-state index is 0.375. The second kappa shape index (κ2) is 6.38. The molecular weight excluding hydrogens is 238 g/mol. The van der Waals surface area contributed by atoms with Crippen molar-refractivity contribution in [3.8, 4) is 5.75 Å². The van der Waals surface area contributed by atoms with Gasteiger partial charge in [0.2, 0.25) is 0 Å². The standard InChI is InChI=1S/C15H21N3O/c1-11(16-9-14-10-17-12(2)18-14)8-13-6-4-5-7-15(13)19-3/h4-7,10-11,16H,8-9H2,1-3H3,(H,17,18). The molecule has 19 heavy (non-hydrogen) atoms. The Labute approximate surface area is 114 Å². The lowest BCUT2D eigenvalue weighted by atomic mass is 10.1. The summed E-state index contributed by atoms with van der Waals surface area (Å²) in [4.78, 5) is 7.41. The SMILES string of the molecule is COc1ccccc1CC(C)NCc1cnc(C)[nH]1. The van der Waals surface area contributed by atoms with Gasteiger partial charge in [0, 0.05) is 24.5 Å². The number of nitrogens with zero attached hydrogens (tertiary/aromatic N) is 1. The third kappa shape index (κ3) is 3.83. The summed E-state index contributed by atoms with van der Waals surface area (Å²) in [6, 6.07) is 8.52. The molecule has 4 heteroatoms. The molecule has 2 rings (SSSR count). The fraction of sp³-hybridized carbons (Fsp3) is 0.400. The third-order valence-corrected chi connectivity index (χ3v) is 3.12. The van der Waals surface area contributed by atoms with E-state index >= 15 is 0 Å². The summed E-state index contributed by atoms with van der Waals surface area (Å²) in [7, 11) is 1.71. The van der Waals surface area contributed by atoms with Crippen LogP contribution < -0.4 is 10.1 Å². The molecule has 0 saturated carbocycles. The van der Waals surface area contributed by atoms with Crippen LogP contribution in [-0.2, 0) is 13.0 Å². The van der Waals surface area contributed by atoms with Gasteiger partial charge in [-0.25, -0.2) is 4.98 Å². The lowest BCUT2D eigenvalue weighted by Crippen LogP contribution is -2.27. The van der Waals surface area contributed by atoms with E-state index in [1.54, 1.807) is 7.11 Å². The number of nitrogens with one attached hydrogen (secondary N) is 2. The van der Waals surface area contributed by atoms with Crippen molar-refractivity contribution in [3.63, 3.8) is 0 Å². The molecule has 4 nitrogen and oxygen atoms in total. The average Bonchev–Trinajstić information content (AvgIpc) is 2.83. The molecule has 0 aliphatic heterocycles. The van der Waals surface area contributed by atoms with Crippen LogP contribution in [0.25, 0.3) is 0 Å². The number of benzene rings is 1. The summed E-state index contributed by atoms with van der Waals surface area (Å²) >= 11 is 0. The molecule has 0 amide bonds. The molecule has 0 saturated heterocycles. The molecule has 1 aromatic heterocycles. The van der Waals surface area contributed by atoms with Crippen LogP contribution in [0.1, 0.15) is 24.0 Å². The zero-order valence-corrected chi connectivity index (χ0v) is 11.7. The van der Waals surface area contributed by atoms with Crippen molar-refractivity contribution in [1.82, 2.24) is 15.3 Å². The van der Waals surface area contributed by atoms with Crippen molar-refractivity contribution in [3.05, 3.63) is 47.5 Å². The Balaban J connectivity index is 1.88. The van der Waals surface area contributed by atoms with Crippen molar-refractivity contribution in [2.24, 2.45) is 0 Å². The highest BCUT2D eigenvalue weighted by Crippen LogP contribution is 2.18. The first-order valence-electron chi connectivity index (χ1n) is 6.55. The number of aromatic amines is 1. The van der Waals surface area contributed by atoms with Crippen molar-refractivity contribution >= 4 is 0 Å². The second-order valence-electron chi connectivity index (χ2n) is 4.79. The fourth-order valence-electron chi connectivity index (χ4n) is 2.12. The number of ether oxygens (including phenoxy) is 1. The van der Waals surface area contributed by atoms with Gasteiger partial charge in [-0.05, 0) is 31.9 Å². The van der Waals surface area contributed by atoms with E-state index in [1.807, 2.05) is 31.3 Å². The Hall–Kier alpha value is -1.81. The van der Waals surface area contributed by atoms with Gasteiger partial charge in [0.25, 0.3) is 0 Å². The first-order valence-corrected chi connectivity index (χ1v) is 6.55. The quantitative estimate of drug-likeness (QED) is 0.837. The van der Waals surface area contributed by atoms with Gasteiger partial charge in [-0.1, -0.05) is 18.2 Å². The monoisotopic (exact) mass is 259 g/mol. The number of methoxy groups -OCH3 is 1. The van der Waals surface area contributed by atoms with E-state index < -0.39 is 0 Å². The minimum atomic E-state index is 0.375. The Kier molecular flexibility index (Phi) is 4.58. The maximum Gasteiger partial charge on any atom is 0.122 e. The summed E-state index contributed by atoms with van der Waals surface area (Å²) < 4.78 is 5.37. The number of hydrogen-bond donors (Lipinski definition) is 2. The number of rotatable bonds is 6. The molecule has 102 valence electrons. The van der Waals surface area contributed by atoms with E-state index in [9.17, 15) is 0 Å². The largest absolute Gasteiger partial charge is 0.496 e. The summed E-state index contributed by atoms with van der Waals surface area (Å²) in [5.41, 5.74) is 2.34. The molecule has 1 unspecified atom stereocenters. The number of aryl methyl sites for hydroxylation is 1. The maximum absolute atomic E-state index is 5.37. The molecule has 1 heterocycles. The van der Waals surface area contributed by atoms with Crippen LogP contribution in [0.2, 0.25) is 0 Å². The number of hydrogen-bond acceptors (Lipinski definition) is 3. The van der Waals surface area contributed by atoms with Crippen molar-refractivity contribution in [1.29, 1.82) is 0 Å². The maximum atomic E-state index is 5.37. The average molecular weight is 259 g/mol. The summed E-state index contributed by atoms with van der Waals surface area (Å²) in [5, 5.41) is 3.49. The van der Waals surface area contributed by atoms with Crippen LogP contribution in [0.3, 0.4) is 0 Å². The molecule has 0 spiro atoms. The molecule has 1 aromatic carbocycles. The van der Waals surface area contributed by atoms with Crippen molar-refractivity contribution in [2.45, 2.75) is 32.9 Å². The molecular formula is C15H21N3O. The predicted molar refractivity (Wildman–Crippen MR) is 76.3 cm³/mol. The molecule has 0 radical (unpaired) electrons. The minimum Gasteiger partial charge on any atom is -0.496 e. The van der Waals surface area contributed by atoms with Gasteiger partial charge in [-0.15, -0.1) is 0 Å². The number of aromatic nitrogens is 2. The highest BCUT2D eigenvalue weighted by Gasteiger charge is 2.08. The van der Waals surface area contributed by atoms with Crippen molar-refractivity contribution < 1.29 is 4.74 Å². The molecule has 0 aliphatic rings. The van der Waals surface area contributed by atoms with E-state index in [-0.39, 0.29) is 0 Å². The normalized spacial score (nSPS) is 12.4. The Morgan fingerprint density at radius 3 is 2.84 bits per heavy atom. The Bertz CT molecular complexity index is 522. The summed E-state index contributed by atoms with van der Waals surface area (Å²) in [6.45, 7) is 4.94. The van der Waals surface area contributed by atoms with E-state index in [4.69, 9.17) is 4.74 Å². The highest BCUT2D eigenvalue weighted by molar-refractivity contribution is 5.33. The van der Waals surface area contributed by atoms with Gasteiger partial charge >= 0.3 is 0 Å². The lowest BCUT2D eigenvalue weighted by molar-refractivity contribution is 0.406. The number of para-hydroxylation sites is 1. The van der Waals surface area contributed by atoms with Gasteiger partial charge in [0.1, 0.15) is 11.6 Å². The van der Waals surface area contributed by atoms with Crippen LogP contribution in [0.15, 0.2) is 30.5 Å². The van der Waals surface area contributed by atoms with Gasteiger partial charge < -0.3 is 15.0 Å². The van der Waals surface area contributed by atoms with Gasteiger partial charge in [-0.2, -0.15) is 0 Å². The molecule has 0 bridgehead atoms.